The number of rotatable bonds is 8. The van der Waals surface area contributed by atoms with Gasteiger partial charge in [0.2, 0.25) is 5.91 Å². The number of nitrogens with one attached hydrogen (secondary N) is 2. The molecule has 1 aromatic heterocycles. The van der Waals surface area contributed by atoms with E-state index in [0.717, 1.165) is 4.31 Å². The molecule has 0 aliphatic carbocycles. The number of ether oxygens (including phenoxy) is 2. The number of sulfonamides is 1. The Hall–Kier alpha value is -3.61. The minimum absolute atomic E-state index is 0.130. The van der Waals surface area contributed by atoms with E-state index in [-0.39, 0.29) is 43.0 Å². The van der Waals surface area contributed by atoms with Gasteiger partial charge in [0, 0.05) is 18.8 Å². The fourth-order valence-corrected chi connectivity index (χ4v) is 5.54. The van der Waals surface area contributed by atoms with Gasteiger partial charge in [0.05, 0.1) is 25.3 Å². The molecule has 0 bridgehead atoms. The first-order valence-electron chi connectivity index (χ1n) is 11.0. The van der Waals surface area contributed by atoms with Crippen LogP contribution in [0.5, 0.6) is 5.75 Å². The number of piperidine rings is 1. The summed E-state index contributed by atoms with van der Waals surface area (Å²) in [6, 6.07) is 5.95. The number of hydrogen-bond donors (Lipinski definition) is 2. The van der Waals surface area contributed by atoms with E-state index in [1.54, 1.807) is 6.92 Å². The number of aryl methyl sites for hydroxylation is 1. The summed E-state index contributed by atoms with van der Waals surface area (Å²) in [5.74, 6) is -0.653. The maximum absolute atomic E-state index is 13.6. The minimum atomic E-state index is -4.56. The number of hydrogen-bond acceptors (Lipinski definition) is 8. The van der Waals surface area contributed by atoms with Crippen LogP contribution in [-0.2, 0) is 24.3 Å². The Balaban J connectivity index is 1.92. The summed E-state index contributed by atoms with van der Waals surface area (Å²) in [6.45, 7) is 3.22. The summed E-state index contributed by atoms with van der Waals surface area (Å²) in [5, 5.41) is 0. The average Bonchev–Trinajstić information content (AvgIpc) is 2.81. The van der Waals surface area contributed by atoms with Gasteiger partial charge in [-0.3, -0.25) is 23.7 Å². The average molecular weight is 509 g/mol. The standard InChI is InChI=1S/C22H28N4O8S/c1-4-34-21(29)15-9-11-25(12-10-15)18(27)13-26(16-5-7-17(33-3)8-6-16)35(31,32)19-14(2)23-22(30)24-20(19)28/h5-8,15H,4,9-13H2,1-3H3,(H2,23,24,28,30). The molecule has 2 aromatic rings. The van der Waals surface area contributed by atoms with E-state index < -0.39 is 38.6 Å². The van der Waals surface area contributed by atoms with Crippen molar-refractivity contribution in [2.75, 3.05) is 37.7 Å². The number of anilines is 1. The van der Waals surface area contributed by atoms with E-state index in [4.69, 9.17) is 9.47 Å². The van der Waals surface area contributed by atoms with E-state index in [0.29, 0.717) is 18.6 Å². The molecule has 190 valence electrons. The highest BCUT2D eigenvalue weighted by Gasteiger charge is 2.34. The molecule has 1 fully saturated rings. The lowest BCUT2D eigenvalue weighted by Gasteiger charge is -2.33. The van der Waals surface area contributed by atoms with Crippen LogP contribution < -0.4 is 20.3 Å². The van der Waals surface area contributed by atoms with Gasteiger partial charge in [-0.05, 0) is 51.0 Å². The Bertz CT molecular complexity index is 1290. The van der Waals surface area contributed by atoms with Crippen molar-refractivity contribution in [3.05, 3.63) is 50.8 Å². The normalized spacial score (nSPS) is 14.4. The van der Waals surface area contributed by atoms with Crippen LogP contribution in [0.25, 0.3) is 0 Å². The van der Waals surface area contributed by atoms with E-state index in [1.807, 2.05) is 4.98 Å². The lowest BCUT2D eigenvalue weighted by atomic mass is 9.97. The maximum Gasteiger partial charge on any atom is 0.325 e. The highest BCUT2D eigenvalue weighted by Crippen LogP contribution is 2.26. The molecular weight excluding hydrogens is 480 g/mol. The number of carbonyl (C=O) groups is 2. The highest BCUT2D eigenvalue weighted by atomic mass is 32.2. The van der Waals surface area contributed by atoms with Crippen LogP contribution in [0, 0.1) is 12.8 Å². The quantitative estimate of drug-likeness (QED) is 0.484. The zero-order chi connectivity index (χ0) is 25.8. The molecule has 0 saturated carbocycles. The molecule has 0 radical (unpaired) electrons. The van der Waals surface area contributed by atoms with Crippen molar-refractivity contribution < 1.29 is 27.5 Å². The third-order valence-electron chi connectivity index (χ3n) is 5.73. The Morgan fingerprint density at radius 3 is 2.29 bits per heavy atom. The fraction of sp³-hybridized carbons (Fsp3) is 0.455. The Morgan fingerprint density at radius 2 is 1.74 bits per heavy atom. The number of likely N-dealkylation sites (tertiary alicyclic amines) is 1. The van der Waals surface area contributed by atoms with Crippen molar-refractivity contribution in [1.29, 1.82) is 0 Å². The fourth-order valence-electron chi connectivity index (χ4n) is 3.92. The summed E-state index contributed by atoms with van der Waals surface area (Å²) in [5.41, 5.74) is -1.96. The number of aromatic nitrogens is 2. The lowest BCUT2D eigenvalue weighted by molar-refractivity contribution is -0.151. The molecule has 0 unspecified atom stereocenters. The zero-order valence-electron chi connectivity index (χ0n) is 19.7. The summed E-state index contributed by atoms with van der Waals surface area (Å²) in [6.07, 6.45) is 0.803. The van der Waals surface area contributed by atoms with Crippen LogP contribution in [-0.4, -0.2) is 68.5 Å². The first-order valence-corrected chi connectivity index (χ1v) is 12.5. The van der Waals surface area contributed by atoms with Crippen LogP contribution in [0.1, 0.15) is 25.5 Å². The molecule has 1 aliphatic heterocycles. The summed E-state index contributed by atoms with van der Waals surface area (Å²) < 4.78 is 38.2. The van der Waals surface area contributed by atoms with Crippen molar-refractivity contribution >= 4 is 27.6 Å². The predicted octanol–water partition coefficient (Wildman–Crippen LogP) is 0.377. The maximum atomic E-state index is 13.6. The molecule has 1 aromatic carbocycles. The number of H-pyrrole nitrogens is 2. The Labute approximate surface area is 201 Å². The number of esters is 1. The highest BCUT2D eigenvalue weighted by molar-refractivity contribution is 7.92. The number of carbonyl (C=O) groups excluding carboxylic acids is 2. The van der Waals surface area contributed by atoms with Crippen molar-refractivity contribution in [3.63, 3.8) is 0 Å². The molecule has 2 heterocycles. The second-order valence-corrected chi connectivity index (χ2v) is 9.78. The Kier molecular flexibility index (Phi) is 7.99. The molecule has 12 nitrogen and oxygen atoms in total. The molecule has 0 spiro atoms. The molecule has 2 N–H and O–H groups in total. The van der Waals surface area contributed by atoms with Crippen molar-refractivity contribution in [1.82, 2.24) is 14.9 Å². The molecule has 1 saturated heterocycles. The molecule has 13 heteroatoms. The number of methoxy groups -OCH3 is 1. The smallest absolute Gasteiger partial charge is 0.325 e. The van der Waals surface area contributed by atoms with Gasteiger partial charge in [-0.2, -0.15) is 0 Å². The van der Waals surface area contributed by atoms with Gasteiger partial charge in [0.1, 0.15) is 12.3 Å². The van der Waals surface area contributed by atoms with Gasteiger partial charge in [-0.15, -0.1) is 0 Å². The molecular formula is C22H28N4O8S. The van der Waals surface area contributed by atoms with Gasteiger partial charge in [0.15, 0.2) is 4.90 Å². The van der Waals surface area contributed by atoms with Gasteiger partial charge < -0.3 is 19.4 Å². The van der Waals surface area contributed by atoms with Crippen molar-refractivity contribution in [2.24, 2.45) is 5.92 Å². The van der Waals surface area contributed by atoms with Crippen LogP contribution >= 0.6 is 0 Å². The van der Waals surface area contributed by atoms with Crippen LogP contribution in [0.3, 0.4) is 0 Å². The van der Waals surface area contributed by atoms with Gasteiger partial charge in [-0.1, -0.05) is 0 Å². The second-order valence-electron chi connectivity index (χ2n) is 7.98. The summed E-state index contributed by atoms with van der Waals surface area (Å²) >= 11 is 0. The number of aromatic amines is 2. The molecule has 1 amide bonds. The van der Waals surface area contributed by atoms with E-state index in [1.165, 1.54) is 43.2 Å². The van der Waals surface area contributed by atoms with Crippen LogP contribution in [0.4, 0.5) is 5.69 Å². The summed E-state index contributed by atoms with van der Waals surface area (Å²) in [7, 11) is -3.11. The molecule has 1 aliphatic rings. The predicted molar refractivity (Wildman–Crippen MR) is 126 cm³/mol. The first-order chi connectivity index (χ1) is 16.6. The Morgan fingerprint density at radius 1 is 1.11 bits per heavy atom. The molecule has 0 atom stereocenters. The largest absolute Gasteiger partial charge is 0.497 e. The number of benzene rings is 1. The van der Waals surface area contributed by atoms with E-state index in [2.05, 4.69) is 4.98 Å². The number of amides is 1. The van der Waals surface area contributed by atoms with E-state index >= 15 is 0 Å². The molecule has 3 rings (SSSR count). The van der Waals surface area contributed by atoms with Gasteiger partial charge >= 0.3 is 11.7 Å². The second kappa shape index (κ2) is 10.8. The lowest BCUT2D eigenvalue weighted by Crippen LogP contribution is -2.47. The van der Waals surface area contributed by atoms with Gasteiger partial charge in [0.25, 0.3) is 15.6 Å². The van der Waals surface area contributed by atoms with Crippen molar-refractivity contribution in [2.45, 2.75) is 31.6 Å². The van der Waals surface area contributed by atoms with Gasteiger partial charge in [-0.25, -0.2) is 13.2 Å². The minimum Gasteiger partial charge on any atom is -0.497 e. The number of nitrogens with zero attached hydrogens (tertiary/aromatic N) is 2. The van der Waals surface area contributed by atoms with E-state index in [9.17, 15) is 27.6 Å². The third kappa shape index (κ3) is 5.73. The zero-order valence-corrected chi connectivity index (χ0v) is 20.5. The monoisotopic (exact) mass is 508 g/mol. The first kappa shape index (κ1) is 26.0. The topological polar surface area (TPSA) is 159 Å². The summed E-state index contributed by atoms with van der Waals surface area (Å²) in [4.78, 5) is 54.2. The SMILES string of the molecule is CCOC(=O)C1CCN(C(=O)CN(c2ccc(OC)cc2)S(=O)(=O)c2c(C)[nH]c(=O)[nH]c2=O)CC1. The van der Waals surface area contributed by atoms with Crippen LogP contribution in [0.15, 0.2) is 38.8 Å². The molecule has 35 heavy (non-hydrogen) atoms. The van der Waals surface area contributed by atoms with Crippen LogP contribution in [0.2, 0.25) is 0 Å². The third-order valence-corrected chi connectivity index (χ3v) is 7.66. The van der Waals surface area contributed by atoms with Crippen molar-refractivity contribution in [3.8, 4) is 5.75 Å².